The maximum Gasteiger partial charge on any atom is 0.0472 e. The highest BCUT2D eigenvalue weighted by Gasteiger charge is 2.12. The Balaban J connectivity index is 1.46. The molecule has 7 rings (SSSR count). The molecule has 150 valence electrons. The fourth-order valence-corrected chi connectivity index (χ4v) is 5.90. The van der Waals surface area contributed by atoms with Crippen LogP contribution in [-0.2, 0) is 0 Å². The Kier molecular flexibility index (Phi) is 3.78. The third-order valence-electron chi connectivity index (χ3n) is 6.40. The van der Waals surface area contributed by atoms with Gasteiger partial charge in [0.25, 0.3) is 0 Å². The maximum atomic E-state index is 3.65. The van der Waals surface area contributed by atoms with E-state index < -0.39 is 0 Å². The van der Waals surface area contributed by atoms with Crippen LogP contribution in [0.5, 0.6) is 0 Å². The molecule has 0 amide bonds. The van der Waals surface area contributed by atoms with Gasteiger partial charge in [-0.1, -0.05) is 72.8 Å². The normalized spacial score (nSPS) is 11.8. The van der Waals surface area contributed by atoms with E-state index in [1.807, 2.05) is 11.3 Å². The first-order valence-corrected chi connectivity index (χ1v) is 11.7. The van der Waals surface area contributed by atoms with Crippen LogP contribution in [-0.4, -0.2) is 4.98 Å². The summed E-state index contributed by atoms with van der Waals surface area (Å²) < 4.78 is 2.67. The number of rotatable bonds is 2. The maximum absolute atomic E-state index is 3.65. The molecule has 0 aliphatic carbocycles. The summed E-state index contributed by atoms with van der Waals surface area (Å²) >= 11 is 1.88. The standard InChI is InChI=1S/C30H19NS/c1-3-7-19(8-4-1)21-11-13-27-23(15-21)24-18-30-26(17-28(24)31-27)25-16-22(12-14-29(25)32-30)20-9-5-2-6-10-20/h1-18,31H. The smallest absolute Gasteiger partial charge is 0.0472 e. The number of hydrogen-bond donors (Lipinski definition) is 1. The predicted molar refractivity (Wildman–Crippen MR) is 140 cm³/mol. The van der Waals surface area contributed by atoms with Crippen LogP contribution in [0.15, 0.2) is 109 Å². The first-order valence-electron chi connectivity index (χ1n) is 10.9. The molecule has 32 heavy (non-hydrogen) atoms. The Hall–Kier alpha value is -3.88. The SMILES string of the molecule is c1ccc(-c2ccc3[nH]c4cc5c(cc4c3c2)sc2ccc(-c3ccccc3)cc25)cc1. The van der Waals surface area contributed by atoms with Gasteiger partial charge in [0, 0.05) is 42.0 Å². The second-order valence-electron chi connectivity index (χ2n) is 8.32. The van der Waals surface area contributed by atoms with E-state index >= 15 is 0 Å². The van der Waals surface area contributed by atoms with Crippen LogP contribution in [0.1, 0.15) is 0 Å². The molecule has 0 radical (unpaired) electrons. The zero-order chi connectivity index (χ0) is 21.1. The molecule has 0 saturated carbocycles. The van der Waals surface area contributed by atoms with Crippen LogP contribution < -0.4 is 0 Å². The first-order chi connectivity index (χ1) is 15.8. The van der Waals surface area contributed by atoms with Crippen LogP contribution in [0.4, 0.5) is 0 Å². The molecule has 2 aromatic heterocycles. The fourth-order valence-electron chi connectivity index (χ4n) is 4.79. The van der Waals surface area contributed by atoms with Gasteiger partial charge in [-0.15, -0.1) is 11.3 Å². The molecule has 0 fully saturated rings. The van der Waals surface area contributed by atoms with Gasteiger partial charge in [-0.3, -0.25) is 0 Å². The van der Waals surface area contributed by atoms with E-state index in [-0.39, 0.29) is 0 Å². The largest absolute Gasteiger partial charge is 0.354 e. The van der Waals surface area contributed by atoms with Crippen molar-refractivity contribution in [2.75, 3.05) is 0 Å². The lowest BCUT2D eigenvalue weighted by Gasteiger charge is -2.02. The van der Waals surface area contributed by atoms with Crippen LogP contribution in [0.3, 0.4) is 0 Å². The van der Waals surface area contributed by atoms with Gasteiger partial charge in [-0.25, -0.2) is 0 Å². The van der Waals surface area contributed by atoms with Crippen molar-refractivity contribution >= 4 is 53.3 Å². The Morgan fingerprint density at radius 3 is 1.72 bits per heavy atom. The molecule has 0 unspecified atom stereocenters. The summed E-state index contributed by atoms with van der Waals surface area (Å²) in [5.74, 6) is 0. The van der Waals surface area contributed by atoms with Gasteiger partial charge >= 0.3 is 0 Å². The number of benzene rings is 5. The summed E-state index contributed by atoms with van der Waals surface area (Å²) in [6, 6.07) is 39.5. The second-order valence-corrected chi connectivity index (χ2v) is 9.41. The van der Waals surface area contributed by atoms with Gasteiger partial charge in [0.1, 0.15) is 0 Å². The van der Waals surface area contributed by atoms with Gasteiger partial charge in [0.15, 0.2) is 0 Å². The summed E-state index contributed by atoms with van der Waals surface area (Å²) in [6.45, 7) is 0. The molecule has 1 N–H and O–H groups in total. The molecule has 0 aliphatic rings. The molecule has 7 aromatic rings. The second kappa shape index (κ2) is 6.81. The minimum Gasteiger partial charge on any atom is -0.354 e. The number of thiophene rings is 1. The lowest BCUT2D eigenvalue weighted by molar-refractivity contribution is 1.55. The average Bonchev–Trinajstić information content (AvgIpc) is 3.40. The number of hydrogen-bond acceptors (Lipinski definition) is 1. The zero-order valence-electron chi connectivity index (χ0n) is 17.3. The third kappa shape index (κ3) is 2.70. The summed E-state index contributed by atoms with van der Waals surface area (Å²) in [5.41, 5.74) is 7.41. The summed E-state index contributed by atoms with van der Waals surface area (Å²) in [5, 5.41) is 5.23. The number of H-pyrrole nitrogens is 1. The Bertz CT molecular complexity index is 1620. The molecule has 1 nitrogen and oxygen atoms in total. The minimum absolute atomic E-state index is 1.19. The molecule has 2 heterocycles. The van der Waals surface area contributed by atoms with Crippen LogP contribution >= 0.6 is 11.3 Å². The molecular weight excluding hydrogens is 406 g/mol. The van der Waals surface area contributed by atoms with E-state index in [4.69, 9.17) is 0 Å². The monoisotopic (exact) mass is 425 g/mol. The third-order valence-corrected chi connectivity index (χ3v) is 7.54. The quantitative estimate of drug-likeness (QED) is 0.284. The summed E-state index contributed by atoms with van der Waals surface area (Å²) in [4.78, 5) is 3.65. The van der Waals surface area contributed by atoms with Crippen molar-refractivity contribution in [3.8, 4) is 22.3 Å². The number of aromatic amines is 1. The lowest BCUT2D eigenvalue weighted by atomic mass is 10.0. The van der Waals surface area contributed by atoms with E-state index in [2.05, 4.69) is 114 Å². The van der Waals surface area contributed by atoms with Crippen LogP contribution in [0, 0.1) is 0 Å². The number of nitrogens with one attached hydrogen (secondary N) is 1. The topological polar surface area (TPSA) is 15.8 Å². The van der Waals surface area contributed by atoms with E-state index in [1.165, 1.54) is 64.2 Å². The molecule has 2 heteroatoms. The predicted octanol–water partition coefficient (Wildman–Crippen LogP) is 9.02. The summed E-state index contributed by atoms with van der Waals surface area (Å²) in [6.07, 6.45) is 0. The highest BCUT2D eigenvalue weighted by molar-refractivity contribution is 7.25. The molecule has 0 atom stereocenters. The van der Waals surface area contributed by atoms with E-state index in [1.54, 1.807) is 0 Å². The van der Waals surface area contributed by atoms with Crippen molar-refractivity contribution in [2.24, 2.45) is 0 Å². The molecule has 0 saturated heterocycles. The van der Waals surface area contributed by atoms with Crippen LogP contribution in [0.2, 0.25) is 0 Å². The molecule has 0 aliphatic heterocycles. The van der Waals surface area contributed by atoms with E-state index in [0.717, 1.165) is 0 Å². The van der Waals surface area contributed by atoms with Crippen molar-refractivity contribution in [3.63, 3.8) is 0 Å². The fraction of sp³-hybridized carbons (Fsp3) is 0. The Labute approximate surface area is 189 Å². The highest BCUT2D eigenvalue weighted by Crippen LogP contribution is 2.40. The Morgan fingerprint density at radius 2 is 1.00 bits per heavy atom. The summed E-state index contributed by atoms with van der Waals surface area (Å²) in [7, 11) is 0. The zero-order valence-corrected chi connectivity index (χ0v) is 18.1. The lowest BCUT2D eigenvalue weighted by Crippen LogP contribution is -1.77. The number of fused-ring (bicyclic) bond motifs is 6. The van der Waals surface area contributed by atoms with Crippen molar-refractivity contribution in [1.29, 1.82) is 0 Å². The van der Waals surface area contributed by atoms with Gasteiger partial charge in [0.2, 0.25) is 0 Å². The minimum atomic E-state index is 1.19. The molecule has 0 bridgehead atoms. The van der Waals surface area contributed by atoms with Crippen molar-refractivity contribution < 1.29 is 0 Å². The highest BCUT2D eigenvalue weighted by atomic mass is 32.1. The van der Waals surface area contributed by atoms with Crippen molar-refractivity contribution in [1.82, 2.24) is 4.98 Å². The van der Waals surface area contributed by atoms with E-state index in [9.17, 15) is 0 Å². The molecular formula is C30H19NS. The van der Waals surface area contributed by atoms with Crippen molar-refractivity contribution in [3.05, 3.63) is 109 Å². The van der Waals surface area contributed by atoms with E-state index in [0.29, 0.717) is 0 Å². The van der Waals surface area contributed by atoms with Gasteiger partial charge in [-0.2, -0.15) is 0 Å². The van der Waals surface area contributed by atoms with Crippen LogP contribution in [0.25, 0.3) is 64.2 Å². The molecule has 0 spiro atoms. The Morgan fingerprint density at radius 1 is 0.406 bits per heavy atom. The van der Waals surface area contributed by atoms with Crippen molar-refractivity contribution in [2.45, 2.75) is 0 Å². The van der Waals surface area contributed by atoms with Gasteiger partial charge < -0.3 is 4.98 Å². The molecule has 5 aromatic carbocycles. The van der Waals surface area contributed by atoms with Gasteiger partial charge in [-0.05, 0) is 58.7 Å². The number of aromatic nitrogens is 1. The average molecular weight is 426 g/mol. The van der Waals surface area contributed by atoms with Gasteiger partial charge in [0.05, 0.1) is 0 Å². The first kappa shape index (κ1) is 17.8.